The molecule has 2 amide bonds. The molecule has 0 saturated heterocycles. The highest BCUT2D eigenvalue weighted by molar-refractivity contribution is 7.71. The highest BCUT2D eigenvalue weighted by Crippen LogP contribution is 2.34. The Morgan fingerprint density at radius 3 is 2.83 bits per heavy atom. The van der Waals surface area contributed by atoms with Crippen molar-refractivity contribution < 1.29 is 9.59 Å². The van der Waals surface area contributed by atoms with Crippen LogP contribution in [-0.2, 0) is 4.79 Å². The number of para-hydroxylation sites is 1. The van der Waals surface area contributed by atoms with Crippen molar-refractivity contribution in [2.24, 2.45) is 0 Å². The fourth-order valence-corrected chi connectivity index (χ4v) is 3.60. The molecule has 5 nitrogen and oxygen atoms in total. The molecule has 0 spiro atoms. The summed E-state index contributed by atoms with van der Waals surface area (Å²) < 4.78 is 0.543. The number of benzene rings is 1. The van der Waals surface area contributed by atoms with Gasteiger partial charge >= 0.3 is 6.03 Å². The molecule has 1 aliphatic heterocycles. The molecule has 2 aliphatic rings. The van der Waals surface area contributed by atoms with Crippen molar-refractivity contribution in [1.29, 1.82) is 0 Å². The molecule has 1 aliphatic carbocycles. The highest BCUT2D eigenvalue weighted by Gasteiger charge is 2.35. The van der Waals surface area contributed by atoms with Gasteiger partial charge in [0.25, 0.3) is 0 Å². The Morgan fingerprint density at radius 1 is 1.13 bits per heavy atom. The van der Waals surface area contributed by atoms with E-state index in [1.807, 2.05) is 30.3 Å². The van der Waals surface area contributed by atoms with Crippen LogP contribution in [-0.4, -0.2) is 16.8 Å². The number of aromatic amines is 1. The molecule has 23 heavy (non-hydrogen) atoms. The molecular weight excluding hydrogens is 310 g/mol. The molecule has 0 bridgehead atoms. The van der Waals surface area contributed by atoms with Gasteiger partial charge in [-0.05, 0) is 30.4 Å². The van der Waals surface area contributed by atoms with Gasteiger partial charge in [-0.15, -0.1) is 0 Å². The third-order valence-corrected chi connectivity index (χ3v) is 4.72. The standard InChI is InChI=1S/C17H15N3O2S/c21-13-7-3-6-12-14(13)15(20-17(22)19-12)10-8-9-4-1-2-5-11(9)18-16(10)23/h1-2,4-5,8,15H,3,6-7H2,(H,18,23)(H2,19,20,22). The molecule has 116 valence electrons. The third kappa shape index (κ3) is 2.35. The molecule has 0 fully saturated rings. The summed E-state index contributed by atoms with van der Waals surface area (Å²) in [5, 5.41) is 6.62. The summed E-state index contributed by atoms with van der Waals surface area (Å²) in [4.78, 5) is 27.6. The smallest absolute Gasteiger partial charge is 0.319 e. The molecular formula is C17H15N3O2S. The number of allylic oxidation sites excluding steroid dienone is 1. The summed E-state index contributed by atoms with van der Waals surface area (Å²) >= 11 is 5.47. The van der Waals surface area contributed by atoms with E-state index in [1.165, 1.54) is 0 Å². The fourth-order valence-electron chi connectivity index (χ4n) is 3.32. The Balaban J connectivity index is 1.91. The largest absolute Gasteiger partial charge is 0.346 e. The van der Waals surface area contributed by atoms with Crippen LogP contribution in [0.2, 0.25) is 0 Å². The Morgan fingerprint density at radius 2 is 1.96 bits per heavy atom. The van der Waals surface area contributed by atoms with Crippen LogP contribution in [0.1, 0.15) is 30.9 Å². The van der Waals surface area contributed by atoms with Crippen LogP contribution in [0.5, 0.6) is 0 Å². The summed E-state index contributed by atoms with van der Waals surface area (Å²) in [5.74, 6) is 0.0753. The molecule has 0 radical (unpaired) electrons. The maximum atomic E-state index is 12.4. The van der Waals surface area contributed by atoms with Gasteiger partial charge in [0.05, 0.1) is 6.04 Å². The first-order chi connectivity index (χ1) is 11.1. The molecule has 3 N–H and O–H groups in total. The predicted octanol–water partition coefficient (Wildman–Crippen LogP) is 3.26. The maximum Gasteiger partial charge on any atom is 0.319 e. The number of urea groups is 1. The zero-order chi connectivity index (χ0) is 16.0. The average molecular weight is 325 g/mol. The minimum absolute atomic E-state index is 0.0753. The lowest BCUT2D eigenvalue weighted by molar-refractivity contribution is -0.116. The van der Waals surface area contributed by atoms with Gasteiger partial charge in [0.1, 0.15) is 4.64 Å². The van der Waals surface area contributed by atoms with Crippen molar-refractivity contribution in [2.45, 2.75) is 25.3 Å². The van der Waals surface area contributed by atoms with Gasteiger partial charge in [0, 0.05) is 28.8 Å². The first-order valence-electron chi connectivity index (χ1n) is 7.59. The first-order valence-corrected chi connectivity index (χ1v) is 8.00. The number of fused-ring (bicyclic) bond motifs is 1. The van der Waals surface area contributed by atoms with E-state index in [1.54, 1.807) is 0 Å². The van der Waals surface area contributed by atoms with Gasteiger partial charge < -0.3 is 15.6 Å². The van der Waals surface area contributed by atoms with E-state index >= 15 is 0 Å². The lowest BCUT2D eigenvalue weighted by Crippen LogP contribution is -2.46. The Hall–Kier alpha value is -2.47. The summed E-state index contributed by atoms with van der Waals surface area (Å²) in [7, 11) is 0. The number of carbonyl (C=O) groups excluding carboxylic acids is 2. The van der Waals surface area contributed by atoms with Crippen LogP contribution in [0.4, 0.5) is 4.79 Å². The second kappa shape index (κ2) is 5.31. The van der Waals surface area contributed by atoms with Crippen molar-refractivity contribution in [3.05, 3.63) is 51.8 Å². The summed E-state index contributed by atoms with van der Waals surface area (Å²) in [6.07, 6.45) is 2.00. The lowest BCUT2D eigenvalue weighted by atomic mass is 9.85. The van der Waals surface area contributed by atoms with E-state index in [0.29, 0.717) is 16.6 Å². The summed E-state index contributed by atoms with van der Waals surface area (Å²) in [6.45, 7) is 0. The van der Waals surface area contributed by atoms with Crippen molar-refractivity contribution in [3.8, 4) is 0 Å². The van der Waals surface area contributed by atoms with Crippen molar-refractivity contribution in [1.82, 2.24) is 15.6 Å². The predicted molar refractivity (Wildman–Crippen MR) is 89.4 cm³/mol. The van der Waals surface area contributed by atoms with Crippen LogP contribution in [0.3, 0.4) is 0 Å². The third-order valence-electron chi connectivity index (χ3n) is 4.38. The number of hydrogen-bond donors (Lipinski definition) is 3. The number of Topliss-reactive ketones (excluding diaryl/α,β-unsaturated/α-hetero) is 1. The van der Waals surface area contributed by atoms with E-state index in [-0.39, 0.29) is 11.8 Å². The molecule has 4 rings (SSSR count). The number of hydrogen-bond acceptors (Lipinski definition) is 3. The molecule has 2 aromatic rings. The molecule has 0 saturated carbocycles. The van der Waals surface area contributed by atoms with Gasteiger partial charge in [-0.3, -0.25) is 4.79 Å². The number of H-pyrrole nitrogens is 1. The molecule has 6 heteroatoms. The highest BCUT2D eigenvalue weighted by atomic mass is 32.1. The monoisotopic (exact) mass is 325 g/mol. The van der Waals surface area contributed by atoms with E-state index in [0.717, 1.165) is 35.0 Å². The summed E-state index contributed by atoms with van der Waals surface area (Å²) in [5.41, 5.74) is 3.07. The average Bonchev–Trinajstić information content (AvgIpc) is 2.53. The molecule has 1 atom stereocenters. The number of amides is 2. The number of pyridine rings is 1. The molecule has 1 aromatic heterocycles. The van der Waals surface area contributed by atoms with Crippen LogP contribution in [0.15, 0.2) is 41.6 Å². The Kier molecular flexibility index (Phi) is 3.27. The number of aromatic nitrogens is 1. The molecule has 1 unspecified atom stereocenters. The number of rotatable bonds is 1. The lowest BCUT2D eigenvalue weighted by Gasteiger charge is -2.32. The summed E-state index contributed by atoms with van der Waals surface area (Å²) in [6, 6.07) is 8.99. The molecule has 2 heterocycles. The van der Waals surface area contributed by atoms with E-state index in [4.69, 9.17) is 12.2 Å². The fraction of sp³-hybridized carbons (Fsp3) is 0.235. The second-order valence-corrected chi connectivity index (χ2v) is 6.25. The van der Waals surface area contributed by atoms with Crippen molar-refractivity contribution in [2.75, 3.05) is 0 Å². The maximum absolute atomic E-state index is 12.4. The zero-order valence-electron chi connectivity index (χ0n) is 12.3. The van der Waals surface area contributed by atoms with Crippen LogP contribution >= 0.6 is 12.2 Å². The zero-order valence-corrected chi connectivity index (χ0v) is 13.1. The normalized spacial score (nSPS) is 21.0. The van der Waals surface area contributed by atoms with E-state index in [9.17, 15) is 9.59 Å². The van der Waals surface area contributed by atoms with Crippen molar-refractivity contribution >= 4 is 34.9 Å². The van der Waals surface area contributed by atoms with E-state index < -0.39 is 6.04 Å². The number of ketones is 1. The van der Waals surface area contributed by atoms with Gasteiger partial charge in [-0.1, -0.05) is 30.4 Å². The number of carbonyl (C=O) groups is 2. The second-order valence-electron chi connectivity index (χ2n) is 5.84. The van der Waals surface area contributed by atoms with Gasteiger partial charge in [0.15, 0.2) is 5.78 Å². The molecule has 1 aromatic carbocycles. The van der Waals surface area contributed by atoms with Crippen molar-refractivity contribution in [3.63, 3.8) is 0 Å². The van der Waals surface area contributed by atoms with E-state index in [2.05, 4.69) is 15.6 Å². The van der Waals surface area contributed by atoms with Gasteiger partial charge in [-0.25, -0.2) is 4.79 Å². The Bertz CT molecular complexity index is 929. The van der Waals surface area contributed by atoms with Crippen LogP contribution < -0.4 is 10.6 Å². The van der Waals surface area contributed by atoms with Crippen LogP contribution in [0.25, 0.3) is 10.9 Å². The van der Waals surface area contributed by atoms with Crippen LogP contribution in [0, 0.1) is 4.64 Å². The first kappa shape index (κ1) is 14.1. The minimum Gasteiger partial charge on any atom is -0.346 e. The topological polar surface area (TPSA) is 74.0 Å². The van der Waals surface area contributed by atoms with Gasteiger partial charge in [-0.2, -0.15) is 0 Å². The minimum atomic E-state index is -0.486. The quantitative estimate of drug-likeness (QED) is 0.705. The Labute approximate surface area is 137 Å². The van der Waals surface area contributed by atoms with Gasteiger partial charge in [0.2, 0.25) is 0 Å². The number of nitrogens with one attached hydrogen (secondary N) is 3. The SMILES string of the molecule is O=C1NC2=C(C(=O)CCC2)C(c2cc3ccccc3[nH]c2=S)N1.